The molecule has 0 saturated carbocycles. The molecule has 1 aliphatic heterocycles. The van der Waals surface area contributed by atoms with Gasteiger partial charge in [-0.3, -0.25) is 9.59 Å². The monoisotopic (exact) mass is 395 g/mol. The van der Waals surface area contributed by atoms with E-state index in [1.54, 1.807) is 36.3 Å². The molecule has 29 heavy (non-hydrogen) atoms. The maximum atomic E-state index is 13.4. The highest BCUT2D eigenvalue weighted by Crippen LogP contribution is 2.40. The summed E-state index contributed by atoms with van der Waals surface area (Å²) in [6.07, 6.45) is 0. The number of hydrogen-bond acceptors (Lipinski definition) is 6. The molecule has 3 aromatic rings. The van der Waals surface area contributed by atoms with Crippen molar-refractivity contribution in [3.8, 4) is 11.5 Å². The van der Waals surface area contributed by atoms with Crippen LogP contribution in [-0.2, 0) is 4.74 Å². The largest absolute Gasteiger partial charge is 0.504 e. The molecule has 0 spiro atoms. The van der Waals surface area contributed by atoms with Crippen LogP contribution in [0.1, 0.15) is 33.3 Å². The van der Waals surface area contributed by atoms with Crippen LogP contribution in [-0.4, -0.2) is 43.3 Å². The third-order valence-electron chi connectivity index (χ3n) is 5.18. The summed E-state index contributed by atoms with van der Waals surface area (Å²) < 4.78 is 16.3. The molecule has 2 aromatic carbocycles. The number of methoxy groups -OCH3 is 2. The van der Waals surface area contributed by atoms with Crippen LogP contribution in [0.15, 0.2) is 45.6 Å². The first kappa shape index (κ1) is 19.0. The van der Waals surface area contributed by atoms with Gasteiger partial charge < -0.3 is 23.9 Å². The third kappa shape index (κ3) is 3.03. The van der Waals surface area contributed by atoms with Crippen molar-refractivity contribution < 1.29 is 23.8 Å². The second-order valence-electron chi connectivity index (χ2n) is 7.00. The first-order valence-corrected chi connectivity index (χ1v) is 9.20. The van der Waals surface area contributed by atoms with Gasteiger partial charge in [0.1, 0.15) is 5.58 Å². The van der Waals surface area contributed by atoms with Gasteiger partial charge >= 0.3 is 0 Å². The fourth-order valence-corrected chi connectivity index (χ4v) is 3.77. The first-order chi connectivity index (χ1) is 14.0. The number of carbonyl (C=O) groups excluding carboxylic acids is 1. The molecule has 0 aliphatic carbocycles. The van der Waals surface area contributed by atoms with Crippen molar-refractivity contribution in [2.75, 3.05) is 27.4 Å². The third-order valence-corrected chi connectivity index (χ3v) is 5.18. The van der Waals surface area contributed by atoms with Gasteiger partial charge in [0.2, 0.25) is 5.76 Å². The normalized spacial score (nSPS) is 15.8. The number of fused-ring (bicyclic) bond motifs is 2. The van der Waals surface area contributed by atoms with Gasteiger partial charge in [0.05, 0.1) is 30.7 Å². The van der Waals surface area contributed by atoms with E-state index < -0.39 is 6.04 Å². The molecule has 1 amide bonds. The number of carbonyl (C=O) groups is 1. The van der Waals surface area contributed by atoms with Crippen LogP contribution in [0.4, 0.5) is 0 Å². The highest BCUT2D eigenvalue weighted by molar-refractivity contribution is 5.99. The summed E-state index contributed by atoms with van der Waals surface area (Å²) in [5.74, 6) is -0.0883. The van der Waals surface area contributed by atoms with Crippen LogP contribution in [0.2, 0.25) is 0 Å². The maximum absolute atomic E-state index is 13.4. The number of hydrogen-bond donors (Lipinski definition) is 1. The van der Waals surface area contributed by atoms with Gasteiger partial charge in [-0.05, 0) is 36.8 Å². The summed E-state index contributed by atoms with van der Waals surface area (Å²) in [5.41, 5.74) is 1.99. The second kappa shape index (κ2) is 7.25. The molecule has 1 atom stereocenters. The summed E-state index contributed by atoms with van der Waals surface area (Å²) >= 11 is 0. The first-order valence-electron chi connectivity index (χ1n) is 9.20. The SMILES string of the molecule is COCCN1C(=O)c2oc3ccc(C)cc3c(=O)c2[C@@H]1c1ccc(O)c(OC)c1. The molecular weight excluding hydrogens is 374 g/mol. The average molecular weight is 395 g/mol. The molecule has 1 N–H and O–H groups in total. The minimum Gasteiger partial charge on any atom is -0.504 e. The summed E-state index contributed by atoms with van der Waals surface area (Å²) in [5, 5.41) is 10.4. The Morgan fingerprint density at radius 1 is 1.14 bits per heavy atom. The summed E-state index contributed by atoms with van der Waals surface area (Å²) in [6, 6.07) is 9.42. The number of benzene rings is 2. The minimum atomic E-state index is -0.664. The molecule has 0 saturated heterocycles. The Morgan fingerprint density at radius 3 is 2.66 bits per heavy atom. The Bertz CT molecular complexity index is 1170. The zero-order valence-electron chi connectivity index (χ0n) is 16.4. The fourth-order valence-electron chi connectivity index (χ4n) is 3.77. The minimum absolute atomic E-state index is 0.0228. The van der Waals surface area contributed by atoms with Gasteiger partial charge in [0, 0.05) is 13.7 Å². The molecule has 0 radical (unpaired) electrons. The van der Waals surface area contributed by atoms with E-state index in [2.05, 4.69) is 0 Å². The number of phenolic OH excluding ortho intramolecular Hbond substituents is 1. The molecule has 7 nitrogen and oxygen atoms in total. The molecule has 4 rings (SSSR count). The predicted molar refractivity (Wildman–Crippen MR) is 107 cm³/mol. The van der Waals surface area contributed by atoms with E-state index >= 15 is 0 Å². The number of aryl methyl sites for hydroxylation is 1. The van der Waals surface area contributed by atoms with E-state index in [0.29, 0.717) is 23.1 Å². The molecule has 0 bridgehead atoms. The number of nitrogens with zero attached hydrogens (tertiary/aromatic N) is 1. The van der Waals surface area contributed by atoms with E-state index in [4.69, 9.17) is 13.9 Å². The Morgan fingerprint density at radius 2 is 1.93 bits per heavy atom. The van der Waals surface area contributed by atoms with Gasteiger partial charge in [-0.1, -0.05) is 17.7 Å². The topological polar surface area (TPSA) is 89.2 Å². The van der Waals surface area contributed by atoms with Gasteiger partial charge in [-0.2, -0.15) is 0 Å². The number of phenols is 1. The summed E-state index contributed by atoms with van der Waals surface area (Å²) in [7, 11) is 2.99. The van der Waals surface area contributed by atoms with Crippen LogP contribution in [0.3, 0.4) is 0 Å². The number of amides is 1. The highest BCUT2D eigenvalue weighted by Gasteiger charge is 2.42. The molecule has 1 aliphatic rings. The Kier molecular flexibility index (Phi) is 4.76. The lowest BCUT2D eigenvalue weighted by molar-refractivity contribution is 0.0663. The van der Waals surface area contributed by atoms with Gasteiger partial charge in [0.15, 0.2) is 16.9 Å². The number of ether oxygens (including phenoxy) is 2. The second-order valence-corrected chi connectivity index (χ2v) is 7.00. The van der Waals surface area contributed by atoms with E-state index in [1.165, 1.54) is 13.2 Å². The van der Waals surface area contributed by atoms with Crippen LogP contribution >= 0.6 is 0 Å². The summed E-state index contributed by atoms with van der Waals surface area (Å²) in [4.78, 5) is 28.1. The van der Waals surface area contributed by atoms with E-state index in [1.807, 2.05) is 13.0 Å². The Balaban J connectivity index is 1.98. The zero-order chi connectivity index (χ0) is 20.7. The fraction of sp³-hybridized carbons (Fsp3) is 0.273. The molecule has 0 fully saturated rings. The van der Waals surface area contributed by atoms with E-state index in [0.717, 1.165) is 5.56 Å². The molecule has 7 heteroatoms. The van der Waals surface area contributed by atoms with Crippen molar-refractivity contribution >= 4 is 16.9 Å². The average Bonchev–Trinajstić information content (AvgIpc) is 2.99. The number of aromatic hydroxyl groups is 1. The highest BCUT2D eigenvalue weighted by atomic mass is 16.5. The zero-order valence-corrected chi connectivity index (χ0v) is 16.4. The van der Waals surface area contributed by atoms with Crippen molar-refractivity contribution in [2.45, 2.75) is 13.0 Å². The van der Waals surface area contributed by atoms with E-state index in [9.17, 15) is 14.7 Å². The predicted octanol–water partition coefficient (Wildman–Crippen LogP) is 3.01. The molecule has 150 valence electrons. The van der Waals surface area contributed by atoms with Gasteiger partial charge in [0.25, 0.3) is 5.91 Å². The van der Waals surface area contributed by atoms with Crippen molar-refractivity contribution in [1.82, 2.24) is 4.90 Å². The lowest BCUT2D eigenvalue weighted by atomic mass is 9.97. The standard InChI is InChI=1S/C22H21NO6/c1-12-4-7-16-14(10-12)20(25)18-19(13-5-6-15(24)17(11-13)28-3)23(8-9-27-2)22(26)21(18)29-16/h4-7,10-11,19,24H,8-9H2,1-3H3/t19-/m0/s1. The Labute approximate surface area is 167 Å². The van der Waals surface area contributed by atoms with Crippen molar-refractivity contribution in [3.63, 3.8) is 0 Å². The van der Waals surface area contributed by atoms with Crippen molar-refractivity contribution in [3.05, 3.63) is 69.1 Å². The van der Waals surface area contributed by atoms with Crippen LogP contribution in [0.5, 0.6) is 11.5 Å². The smallest absolute Gasteiger partial charge is 0.290 e. The van der Waals surface area contributed by atoms with Gasteiger partial charge in [-0.25, -0.2) is 0 Å². The molecule has 0 unspecified atom stereocenters. The van der Waals surface area contributed by atoms with Crippen molar-refractivity contribution in [2.24, 2.45) is 0 Å². The lowest BCUT2D eigenvalue weighted by Crippen LogP contribution is -2.32. The van der Waals surface area contributed by atoms with Crippen molar-refractivity contribution in [1.29, 1.82) is 0 Å². The van der Waals surface area contributed by atoms with Crippen LogP contribution < -0.4 is 10.2 Å². The van der Waals surface area contributed by atoms with Crippen LogP contribution in [0, 0.1) is 6.92 Å². The van der Waals surface area contributed by atoms with Gasteiger partial charge in [-0.15, -0.1) is 0 Å². The van der Waals surface area contributed by atoms with Crippen LogP contribution in [0.25, 0.3) is 11.0 Å². The number of rotatable bonds is 5. The molecule has 1 aromatic heterocycles. The Hall–Kier alpha value is -3.32. The quantitative estimate of drug-likeness (QED) is 0.714. The molecular formula is C22H21NO6. The van der Waals surface area contributed by atoms with E-state index in [-0.39, 0.29) is 40.7 Å². The molecule has 2 heterocycles. The maximum Gasteiger partial charge on any atom is 0.290 e. The summed E-state index contributed by atoms with van der Waals surface area (Å²) in [6.45, 7) is 2.48. The lowest BCUT2D eigenvalue weighted by Gasteiger charge is -2.25.